The van der Waals surface area contributed by atoms with E-state index < -0.39 is 17.8 Å². The van der Waals surface area contributed by atoms with Crippen molar-refractivity contribution < 1.29 is 17.6 Å². The Bertz CT molecular complexity index is 622. The number of aromatic nitrogens is 3. The van der Waals surface area contributed by atoms with Crippen LogP contribution < -0.4 is 5.43 Å². The van der Waals surface area contributed by atoms with Crippen molar-refractivity contribution >= 4 is 11.8 Å². The standard InChI is InChI=1S/C11H8F4N4S/c12-7-3-1-6(2-4-7)8-5-20-10-17-16-9(11(13,14)15)19(10)18-8/h1-4,8,18H,5H2. The molecule has 0 spiro atoms. The minimum atomic E-state index is -4.58. The highest BCUT2D eigenvalue weighted by atomic mass is 32.2. The second-order valence-electron chi connectivity index (χ2n) is 4.18. The Kier molecular flexibility index (Phi) is 3.08. The number of nitrogens with one attached hydrogen (secondary N) is 1. The van der Waals surface area contributed by atoms with Crippen LogP contribution in [0.1, 0.15) is 17.4 Å². The summed E-state index contributed by atoms with van der Waals surface area (Å²) in [6.45, 7) is 0. The molecule has 1 aliphatic rings. The number of thioether (sulfide) groups is 1. The third kappa shape index (κ3) is 2.33. The van der Waals surface area contributed by atoms with Gasteiger partial charge < -0.3 is 5.43 Å². The molecule has 0 amide bonds. The fourth-order valence-electron chi connectivity index (χ4n) is 1.88. The summed E-state index contributed by atoms with van der Waals surface area (Å²) >= 11 is 1.17. The monoisotopic (exact) mass is 304 g/mol. The number of hydrogen-bond acceptors (Lipinski definition) is 4. The Morgan fingerprint density at radius 3 is 2.55 bits per heavy atom. The molecule has 1 aliphatic heterocycles. The van der Waals surface area contributed by atoms with Crippen LogP contribution in [0, 0.1) is 5.82 Å². The summed E-state index contributed by atoms with van der Waals surface area (Å²) in [5, 5.41) is 6.82. The van der Waals surface area contributed by atoms with Gasteiger partial charge in [0.25, 0.3) is 5.82 Å². The van der Waals surface area contributed by atoms with E-state index in [0.717, 1.165) is 4.68 Å². The van der Waals surface area contributed by atoms with E-state index >= 15 is 0 Å². The van der Waals surface area contributed by atoms with E-state index in [1.807, 2.05) is 0 Å². The highest BCUT2D eigenvalue weighted by molar-refractivity contribution is 7.99. The Morgan fingerprint density at radius 1 is 1.20 bits per heavy atom. The highest BCUT2D eigenvalue weighted by Gasteiger charge is 2.40. The Morgan fingerprint density at radius 2 is 1.90 bits per heavy atom. The fraction of sp³-hybridized carbons (Fsp3) is 0.273. The first-order valence-corrected chi connectivity index (χ1v) is 6.61. The van der Waals surface area contributed by atoms with Crippen LogP contribution in [0.3, 0.4) is 0 Å². The van der Waals surface area contributed by atoms with Crippen molar-refractivity contribution in [1.82, 2.24) is 14.9 Å². The second kappa shape index (κ2) is 4.65. The molecule has 20 heavy (non-hydrogen) atoms. The minimum Gasteiger partial charge on any atom is -0.314 e. The third-order valence-corrected chi connectivity index (χ3v) is 3.85. The van der Waals surface area contributed by atoms with Crippen molar-refractivity contribution in [3.63, 3.8) is 0 Å². The number of fused-ring (bicyclic) bond motifs is 1. The maximum Gasteiger partial charge on any atom is 0.453 e. The van der Waals surface area contributed by atoms with Crippen LogP contribution in [0.4, 0.5) is 17.6 Å². The predicted octanol–water partition coefficient (Wildman–Crippen LogP) is 2.83. The number of hydrogen-bond donors (Lipinski definition) is 1. The van der Waals surface area contributed by atoms with Gasteiger partial charge in [0.1, 0.15) is 5.82 Å². The normalized spacial score (nSPS) is 18.5. The van der Waals surface area contributed by atoms with Gasteiger partial charge in [0.15, 0.2) is 0 Å². The summed E-state index contributed by atoms with van der Waals surface area (Å²) in [5.74, 6) is -0.994. The topological polar surface area (TPSA) is 42.7 Å². The van der Waals surface area contributed by atoms with Gasteiger partial charge in [0.05, 0.1) is 6.04 Å². The first-order chi connectivity index (χ1) is 9.45. The van der Waals surface area contributed by atoms with Gasteiger partial charge in [0, 0.05) is 5.75 Å². The molecular weight excluding hydrogens is 296 g/mol. The summed E-state index contributed by atoms with van der Waals surface area (Å²) in [4.78, 5) is 0. The first-order valence-electron chi connectivity index (χ1n) is 5.62. The smallest absolute Gasteiger partial charge is 0.314 e. The average molecular weight is 304 g/mol. The van der Waals surface area contributed by atoms with Gasteiger partial charge in [0.2, 0.25) is 5.16 Å². The van der Waals surface area contributed by atoms with Gasteiger partial charge in [-0.25, -0.2) is 9.07 Å². The van der Waals surface area contributed by atoms with E-state index in [-0.39, 0.29) is 11.2 Å². The Balaban J connectivity index is 1.91. The van der Waals surface area contributed by atoms with Crippen molar-refractivity contribution in [2.75, 3.05) is 11.2 Å². The first kappa shape index (κ1) is 13.2. The van der Waals surface area contributed by atoms with Gasteiger partial charge in [-0.15, -0.1) is 10.2 Å². The largest absolute Gasteiger partial charge is 0.453 e. The van der Waals surface area contributed by atoms with Crippen molar-refractivity contribution in [2.45, 2.75) is 17.4 Å². The van der Waals surface area contributed by atoms with E-state index in [4.69, 9.17) is 0 Å². The summed E-state index contributed by atoms with van der Waals surface area (Å²) in [7, 11) is 0. The zero-order chi connectivity index (χ0) is 14.3. The number of halogens is 4. The highest BCUT2D eigenvalue weighted by Crippen LogP contribution is 2.34. The van der Waals surface area contributed by atoms with Crippen LogP contribution in [0.2, 0.25) is 0 Å². The van der Waals surface area contributed by atoms with Gasteiger partial charge in [-0.05, 0) is 17.7 Å². The lowest BCUT2D eigenvalue weighted by Crippen LogP contribution is -2.31. The van der Waals surface area contributed by atoms with Gasteiger partial charge in [-0.1, -0.05) is 23.9 Å². The maximum atomic E-state index is 12.9. The van der Waals surface area contributed by atoms with Crippen LogP contribution in [-0.2, 0) is 6.18 Å². The number of alkyl halides is 3. The quantitative estimate of drug-likeness (QED) is 0.823. The molecule has 3 rings (SSSR count). The SMILES string of the molecule is Fc1ccc(C2CSc3nnc(C(F)(F)F)n3N2)cc1. The second-order valence-corrected chi connectivity index (χ2v) is 5.17. The molecule has 1 aromatic heterocycles. The van der Waals surface area contributed by atoms with Crippen LogP contribution in [0.5, 0.6) is 0 Å². The molecular formula is C11H8F4N4S. The molecule has 0 fully saturated rings. The average Bonchev–Trinajstić information content (AvgIpc) is 2.82. The molecule has 9 heteroatoms. The molecule has 1 unspecified atom stereocenters. The number of rotatable bonds is 1. The van der Waals surface area contributed by atoms with Gasteiger partial charge in [-0.3, -0.25) is 0 Å². The van der Waals surface area contributed by atoms with Crippen LogP contribution in [-0.4, -0.2) is 20.6 Å². The summed E-state index contributed by atoms with van der Waals surface area (Å²) in [6.07, 6.45) is -4.58. The lowest BCUT2D eigenvalue weighted by atomic mass is 10.1. The molecule has 0 saturated carbocycles. The maximum absolute atomic E-state index is 12.9. The van der Waals surface area contributed by atoms with Crippen LogP contribution >= 0.6 is 11.8 Å². The molecule has 1 atom stereocenters. The molecule has 0 aliphatic carbocycles. The Labute approximate surface area is 115 Å². The zero-order valence-electron chi connectivity index (χ0n) is 9.86. The fourth-order valence-corrected chi connectivity index (χ4v) is 2.83. The minimum absolute atomic E-state index is 0.163. The molecule has 1 aromatic carbocycles. The summed E-state index contributed by atoms with van der Waals surface area (Å²) in [6, 6.07) is 5.25. The van der Waals surface area contributed by atoms with Crippen LogP contribution in [0.15, 0.2) is 29.4 Å². The lowest BCUT2D eigenvalue weighted by molar-refractivity contribution is -0.147. The van der Waals surface area contributed by atoms with E-state index in [2.05, 4.69) is 15.6 Å². The molecule has 2 aromatic rings. The summed E-state index contributed by atoms with van der Waals surface area (Å²) < 4.78 is 52.0. The predicted molar refractivity (Wildman–Crippen MR) is 64.2 cm³/mol. The molecule has 106 valence electrons. The molecule has 4 nitrogen and oxygen atoms in total. The van der Waals surface area contributed by atoms with E-state index in [1.54, 1.807) is 0 Å². The van der Waals surface area contributed by atoms with Crippen LogP contribution in [0.25, 0.3) is 0 Å². The van der Waals surface area contributed by atoms with E-state index in [0.29, 0.717) is 11.3 Å². The van der Waals surface area contributed by atoms with Gasteiger partial charge >= 0.3 is 6.18 Å². The molecule has 2 heterocycles. The zero-order valence-corrected chi connectivity index (χ0v) is 10.7. The lowest BCUT2D eigenvalue weighted by Gasteiger charge is -2.26. The molecule has 0 saturated heterocycles. The van der Waals surface area contributed by atoms with Crippen molar-refractivity contribution in [1.29, 1.82) is 0 Å². The van der Waals surface area contributed by atoms with E-state index in [9.17, 15) is 17.6 Å². The summed E-state index contributed by atoms with van der Waals surface area (Å²) in [5.41, 5.74) is 3.42. The molecule has 0 radical (unpaired) electrons. The van der Waals surface area contributed by atoms with Crippen molar-refractivity contribution in [2.24, 2.45) is 0 Å². The Hall–Kier alpha value is -1.77. The van der Waals surface area contributed by atoms with E-state index in [1.165, 1.54) is 36.0 Å². The molecule has 0 bridgehead atoms. The number of benzene rings is 1. The number of nitrogens with zero attached hydrogens (tertiary/aromatic N) is 3. The molecule has 1 N–H and O–H groups in total. The van der Waals surface area contributed by atoms with Gasteiger partial charge in [-0.2, -0.15) is 13.2 Å². The van der Waals surface area contributed by atoms with Crippen molar-refractivity contribution in [3.05, 3.63) is 41.5 Å². The van der Waals surface area contributed by atoms with Crippen molar-refractivity contribution in [3.8, 4) is 0 Å². The third-order valence-electron chi connectivity index (χ3n) is 2.82.